The zero-order chi connectivity index (χ0) is 18.7. The molecule has 5 heteroatoms. The van der Waals surface area contributed by atoms with Gasteiger partial charge in [0.2, 0.25) is 5.91 Å². The van der Waals surface area contributed by atoms with Crippen molar-refractivity contribution >= 4 is 11.8 Å². The summed E-state index contributed by atoms with van der Waals surface area (Å²) in [6, 6.07) is 7.82. The maximum absolute atomic E-state index is 13.1. The van der Waals surface area contributed by atoms with Crippen LogP contribution in [0.25, 0.3) is 0 Å². The van der Waals surface area contributed by atoms with Gasteiger partial charge >= 0.3 is 0 Å². The minimum atomic E-state index is -0.449. The van der Waals surface area contributed by atoms with Crippen LogP contribution in [0, 0.1) is 12.8 Å². The zero-order valence-corrected chi connectivity index (χ0v) is 16.2. The van der Waals surface area contributed by atoms with Crippen LogP contribution in [0.5, 0.6) is 0 Å². The second kappa shape index (κ2) is 8.21. The van der Waals surface area contributed by atoms with Crippen molar-refractivity contribution in [1.82, 2.24) is 15.1 Å². The van der Waals surface area contributed by atoms with Gasteiger partial charge in [-0.2, -0.15) is 0 Å². The first kappa shape index (κ1) is 18.9. The second-order valence-electron chi connectivity index (χ2n) is 8.06. The van der Waals surface area contributed by atoms with Gasteiger partial charge in [-0.1, -0.05) is 32.0 Å². The molecule has 26 heavy (non-hydrogen) atoms. The van der Waals surface area contributed by atoms with Gasteiger partial charge in [-0.15, -0.1) is 0 Å². The number of aryl methyl sites for hydroxylation is 1. The molecule has 1 saturated heterocycles. The highest BCUT2D eigenvalue weighted by molar-refractivity contribution is 5.98. The summed E-state index contributed by atoms with van der Waals surface area (Å²) in [7, 11) is 0. The number of benzene rings is 1. The number of piperazine rings is 1. The quantitative estimate of drug-likeness (QED) is 0.851. The molecule has 2 fully saturated rings. The zero-order valence-electron chi connectivity index (χ0n) is 16.2. The molecule has 142 valence electrons. The topological polar surface area (TPSA) is 52.7 Å². The van der Waals surface area contributed by atoms with Crippen LogP contribution in [0.3, 0.4) is 0 Å². The molecule has 5 nitrogen and oxygen atoms in total. The van der Waals surface area contributed by atoms with Crippen LogP contribution in [0.1, 0.15) is 49.0 Å². The maximum Gasteiger partial charge on any atom is 0.252 e. The lowest BCUT2D eigenvalue weighted by molar-refractivity contribution is -0.135. The first-order valence-electron chi connectivity index (χ1n) is 9.85. The van der Waals surface area contributed by atoms with Crippen LogP contribution in [-0.4, -0.2) is 59.9 Å². The molecule has 1 N–H and O–H groups in total. The lowest BCUT2D eigenvalue weighted by Gasteiger charge is -2.37. The van der Waals surface area contributed by atoms with Gasteiger partial charge in [0.05, 0.1) is 0 Å². The molecule has 2 aliphatic rings. The largest absolute Gasteiger partial charge is 0.340 e. The molecule has 1 aliphatic carbocycles. The van der Waals surface area contributed by atoms with E-state index in [1.807, 2.05) is 36.1 Å². The van der Waals surface area contributed by atoms with Crippen molar-refractivity contribution in [3.05, 3.63) is 35.4 Å². The van der Waals surface area contributed by atoms with Gasteiger partial charge in [-0.3, -0.25) is 14.5 Å². The molecular weight excluding hydrogens is 326 g/mol. The molecule has 0 radical (unpaired) electrons. The van der Waals surface area contributed by atoms with E-state index in [4.69, 9.17) is 0 Å². The van der Waals surface area contributed by atoms with Crippen LogP contribution in [0.2, 0.25) is 0 Å². The van der Waals surface area contributed by atoms with Crippen molar-refractivity contribution in [3.8, 4) is 0 Å². The third-order valence-electron chi connectivity index (χ3n) is 5.39. The normalized spacial score (nSPS) is 19.5. The van der Waals surface area contributed by atoms with Crippen molar-refractivity contribution in [2.45, 2.75) is 52.1 Å². The van der Waals surface area contributed by atoms with E-state index in [0.717, 1.165) is 37.8 Å². The monoisotopic (exact) mass is 357 g/mol. The summed E-state index contributed by atoms with van der Waals surface area (Å²) < 4.78 is 0. The standard InChI is InChI=1S/C21H31N3O2/c1-15(2)14-19(22-20(25)18-7-5-4-6-16(18)3)21(26)24-12-10-23(11-13-24)17-8-9-17/h4-7,15,17,19H,8-14H2,1-3H3,(H,22,25)/t19-/m1/s1. The third-order valence-corrected chi connectivity index (χ3v) is 5.39. The highest BCUT2D eigenvalue weighted by Crippen LogP contribution is 2.27. The van der Waals surface area contributed by atoms with E-state index in [1.165, 1.54) is 12.8 Å². The minimum Gasteiger partial charge on any atom is -0.340 e. The van der Waals surface area contributed by atoms with Gasteiger partial charge in [-0.05, 0) is 43.7 Å². The van der Waals surface area contributed by atoms with E-state index in [2.05, 4.69) is 24.1 Å². The molecule has 3 rings (SSSR count). The maximum atomic E-state index is 13.1. The Balaban J connectivity index is 1.64. The number of nitrogens with one attached hydrogen (secondary N) is 1. The van der Waals surface area contributed by atoms with Crippen LogP contribution in [0.15, 0.2) is 24.3 Å². The lowest BCUT2D eigenvalue weighted by atomic mass is 10.0. The fraction of sp³-hybridized carbons (Fsp3) is 0.619. The van der Waals surface area contributed by atoms with Gasteiger partial charge < -0.3 is 10.2 Å². The van der Waals surface area contributed by atoms with Gasteiger partial charge in [0.1, 0.15) is 6.04 Å². The summed E-state index contributed by atoms with van der Waals surface area (Å²) in [6.45, 7) is 9.54. The third kappa shape index (κ3) is 4.64. The van der Waals surface area contributed by atoms with E-state index < -0.39 is 6.04 Å². The predicted octanol–water partition coefficient (Wildman–Crippen LogP) is 2.45. The summed E-state index contributed by atoms with van der Waals surface area (Å²) in [5.74, 6) is 0.253. The van der Waals surface area contributed by atoms with Crippen molar-refractivity contribution in [1.29, 1.82) is 0 Å². The average Bonchev–Trinajstić information content (AvgIpc) is 3.46. The molecule has 2 amide bonds. The number of amides is 2. The molecule has 1 heterocycles. The Kier molecular flexibility index (Phi) is 5.97. The van der Waals surface area contributed by atoms with Gasteiger partial charge in [0.15, 0.2) is 0 Å². The Morgan fingerprint density at radius 2 is 1.77 bits per heavy atom. The van der Waals surface area contributed by atoms with Crippen LogP contribution < -0.4 is 5.32 Å². The SMILES string of the molecule is Cc1ccccc1C(=O)N[C@H](CC(C)C)C(=O)N1CCN(C2CC2)CC1. The highest BCUT2D eigenvalue weighted by Gasteiger charge is 2.34. The number of hydrogen-bond acceptors (Lipinski definition) is 3. The number of hydrogen-bond donors (Lipinski definition) is 1. The number of rotatable bonds is 6. The van der Waals surface area contributed by atoms with Crippen LogP contribution >= 0.6 is 0 Å². The average molecular weight is 357 g/mol. The molecule has 0 aromatic heterocycles. The summed E-state index contributed by atoms with van der Waals surface area (Å²) >= 11 is 0. The predicted molar refractivity (Wildman–Crippen MR) is 103 cm³/mol. The molecule has 1 atom stereocenters. The van der Waals surface area contributed by atoms with E-state index in [-0.39, 0.29) is 11.8 Å². The van der Waals surface area contributed by atoms with Crippen molar-refractivity contribution in [2.24, 2.45) is 5.92 Å². The van der Waals surface area contributed by atoms with Gasteiger partial charge in [-0.25, -0.2) is 0 Å². The second-order valence-corrected chi connectivity index (χ2v) is 8.06. The van der Waals surface area contributed by atoms with Crippen molar-refractivity contribution < 1.29 is 9.59 Å². The smallest absolute Gasteiger partial charge is 0.252 e. The molecule has 1 aromatic rings. The summed E-state index contributed by atoms with van der Waals surface area (Å²) in [5, 5.41) is 3.01. The Labute approximate surface area is 156 Å². The summed E-state index contributed by atoms with van der Waals surface area (Å²) in [6.07, 6.45) is 3.27. The molecule has 1 aliphatic heterocycles. The molecule has 0 unspecified atom stereocenters. The Hall–Kier alpha value is -1.88. The fourth-order valence-corrected chi connectivity index (χ4v) is 3.72. The Morgan fingerprint density at radius 3 is 2.35 bits per heavy atom. The first-order valence-corrected chi connectivity index (χ1v) is 9.85. The van der Waals surface area contributed by atoms with Gasteiger partial charge in [0.25, 0.3) is 5.91 Å². The molecule has 0 spiro atoms. The Morgan fingerprint density at radius 1 is 1.12 bits per heavy atom. The summed E-state index contributed by atoms with van der Waals surface area (Å²) in [5.41, 5.74) is 1.58. The fourth-order valence-electron chi connectivity index (χ4n) is 3.72. The van der Waals surface area contributed by atoms with Crippen LogP contribution in [-0.2, 0) is 4.79 Å². The number of nitrogens with zero attached hydrogens (tertiary/aromatic N) is 2. The number of carbonyl (C=O) groups is 2. The first-order chi connectivity index (χ1) is 12.5. The minimum absolute atomic E-state index is 0.0658. The lowest BCUT2D eigenvalue weighted by Crippen LogP contribution is -2.55. The highest BCUT2D eigenvalue weighted by atomic mass is 16.2. The number of carbonyl (C=O) groups excluding carboxylic acids is 2. The van der Waals surface area contributed by atoms with Gasteiger partial charge in [0, 0.05) is 37.8 Å². The molecule has 0 bridgehead atoms. The van der Waals surface area contributed by atoms with E-state index in [1.54, 1.807) is 0 Å². The van der Waals surface area contributed by atoms with Crippen molar-refractivity contribution in [2.75, 3.05) is 26.2 Å². The molecule has 1 aromatic carbocycles. The molecular formula is C21H31N3O2. The Bertz CT molecular complexity index is 646. The van der Waals surface area contributed by atoms with E-state index >= 15 is 0 Å². The molecule has 1 saturated carbocycles. The summed E-state index contributed by atoms with van der Waals surface area (Å²) in [4.78, 5) is 30.2. The van der Waals surface area contributed by atoms with Crippen LogP contribution in [0.4, 0.5) is 0 Å². The van der Waals surface area contributed by atoms with E-state index in [9.17, 15) is 9.59 Å². The van der Waals surface area contributed by atoms with E-state index in [0.29, 0.717) is 17.9 Å². The van der Waals surface area contributed by atoms with Crippen molar-refractivity contribution in [3.63, 3.8) is 0 Å².